The molecule has 6 heteroatoms. The maximum Gasteiger partial charge on any atom is 0.318 e. The Morgan fingerprint density at radius 3 is 2.52 bits per heavy atom. The molecule has 0 bridgehead atoms. The number of rotatable bonds is 5. The zero-order valence-corrected chi connectivity index (χ0v) is 13.1. The van der Waals surface area contributed by atoms with Gasteiger partial charge in [-0.25, -0.2) is 4.39 Å². The van der Waals surface area contributed by atoms with Gasteiger partial charge in [0.2, 0.25) is 0 Å². The average Bonchev–Trinajstić information content (AvgIpc) is 3.05. The zero-order valence-electron chi connectivity index (χ0n) is 12.2. The van der Waals surface area contributed by atoms with Crippen LogP contribution in [0.1, 0.15) is 16.5 Å². The molecule has 2 N–H and O–H groups in total. The maximum atomic E-state index is 12.8. The molecule has 1 aliphatic heterocycles. The molecule has 0 aromatic heterocycles. The van der Waals surface area contributed by atoms with E-state index < -0.39 is 11.2 Å². The molecule has 0 unspecified atom stereocenters. The number of carbonyl (C=O) groups is 1. The topological polar surface area (TPSA) is 58.6 Å². The molecule has 1 fully saturated rings. The molecular formula is C17H16FNO3S. The fraction of sp³-hybridized carbons (Fsp3) is 0.235. The number of ether oxygens (including phenoxy) is 1. The van der Waals surface area contributed by atoms with Gasteiger partial charge in [0.25, 0.3) is 0 Å². The van der Waals surface area contributed by atoms with E-state index >= 15 is 0 Å². The number of thioether (sulfide) groups is 1. The summed E-state index contributed by atoms with van der Waals surface area (Å²) >= 11 is 1.40. The third kappa shape index (κ3) is 4.03. The normalized spacial score (nSPS) is 20.4. The summed E-state index contributed by atoms with van der Waals surface area (Å²) in [6, 6.07) is 13.8. The lowest BCUT2D eigenvalue weighted by atomic mass is 10.2. The van der Waals surface area contributed by atoms with Gasteiger partial charge in [-0.1, -0.05) is 24.3 Å². The van der Waals surface area contributed by atoms with Gasteiger partial charge >= 0.3 is 5.97 Å². The Labute approximate surface area is 137 Å². The van der Waals surface area contributed by atoms with Crippen molar-refractivity contribution in [1.82, 2.24) is 5.32 Å². The van der Waals surface area contributed by atoms with Gasteiger partial charge in [0.05, 0.1) is 5.37 Å². The molecule has 120 valence electrons. The summed E-state index contributed by atoms with van der Waals surface area (Å²) in [5, 5.41) is 11.8. The van der Waals surface area contributed by atoms with Crippen molar-refractivity contribution in [2.24, 2.45) is 0 Å². The van der Waals surface area contributed by atoms with Gasteiger partial charge in [-0.2, -0.15) is 0 Å². The minimum Gasteiger partial charge on any atom is -0.489 e. The van der Waals surface area contributed by atoms with Crippen LogP contribution in [0.3, 0.4) is 0 Å². The molecule has 2 aromatic rings. The van der Waals surface area contributed by atoms with E-state index in [1.165, 1.54) is 23.9 Å². The highest BCUT2D eigenvalue weighted by atomic mass is 32.2. The average molecular weight is 333 g/mol. The van der Waals surface area contributed by atoms with Crippen molar-refractivity contribution in [3.05, 3.63) is 65.5 Å². The molecule has 0 radical (unpaired) electrons. The predicted molar refractivity (Wildman–Crippen MR) is 86.9 cm³/mol. The minimum atomic E-state index is -0.788. The molecule has 2 aromatic carbocycles. The van der Waals surface area contributed by atoms with E-state index in [-0.39, 0.29) is 11.2 Å². The number of carboxylic acids is 1. The molecule has 0 spiro atoms. The minimum absolute atomic E-state index is 0.0118. The Hall–Kier alpha value is -2.05. The molecule has 2 atom stereocenters. The first-order valence-corrected chi connectivity index (χ1v) is 8.15. The van der Waals surface area contributed by atoms with E-state index in [0.717, 1.165) is 16.9 Å². The smallest absolute Gasteiger partial charge is 0.318 e. The second-order valence-electron chi connectivity index (χ2n) is 5.24. The van der Waals surface area contributed by atoms with Crippen LogP contribution in [0.25, 0.3) is 0 Å². The van der Waals surface area contributed by atoms with Crippen LogP contribution in [0.4, 0.5) is 4.39 Å². The zero-order chi connectivity index (χ0) is 16.2. The summed E-state index contributed by atoms with van der Waals surface area (Å²) in [7, 11) is 0. The Kier molecular flexibility index (Phi) is 4.83. The van der Waals surface area contributed by atoms with Crippen LogP contribution >= 0.6 is 11.8 Å². The van der Waals surface area contributed by atoms with E-state index in [0.29, 0.717) is 13.2 Å². The maximum absolute atomic E-state index is 12.8. The van der Waals surface area contributed by atoms with Crippen LogP contribution in [0.5, 0.6) is 5.75 Å². The summed E-state index contributed by atoms with van der Waals surface area (Å²) in [4.78, 5) is 11.0. The number of aliphatic carboxylic acids is 1. The molecule has 23 heavy (non-hydrogen) atoms. The van der Waals surface area contributed by atoms with Crippen molar-refractivity contribution in [1.29, 1.82) is 0 Å². The van der Waals surface area contributed by atoms with Gasteiger partial charge in [-0.3, -0.25) is 10.1 Å². The van der Waals surface area contributed by atoms with Crippen LogP contribution in [-0.2, 0) is 11.4 Å². The summed E-state index contributed by atoms with van der Waals surface area (Å²) in [5.74, 6) is -0.334. The Morgan fingerprint density at radius 1 is 1.22 bits per heavy atom. The van der Waals surface area contributed by atoms with Crippen LogP contribution in [0.15, 0.2) is 48.5 Å². The van der Waals surface area contributed by atoms with E-state index in [1.54, 1.807) is 12.1 Å². The summed E-state index contributed by atoms with van der Waals surface area (Å²) in [5.41, 5.74) is 1.92. The Morgan fingerprint density at radius 2 is 1.91 bits per heavy atom. The summed E-state index contributed by atoms with van der Waals surface area (Å²) < 4.78 is 18.5. The molecule has 4 nitrogen and oxygen atoms in total. The molecule has 0 amide bonds. The highest BCUT2D eigenvalue weighted by Crippen LogP contribution is 2.35. The van der Waals surface area contributed by atoms with E-state index in [4.69, 9.17) is 9.84 Å². The standard InChI is InChI=1S/C17H16FNO3S/c18-13-5-1-11(2-6-13)10-22-14-7-3-12(4-8-14)16-19-9-15(23-16)17(20)21/h1-8,15-16,19H,9-10H2,(H,20,21)/t15-,16-/m0/s1. The second-order valence-corrected chi connectivity index (χ2v) is 6.55. The van der Waals surface area contributed by atoms with Crippen molar-refractivity contribution in [2.45, 2.75) is 17.2 Å². The van der Waals surface area contributed by atoms with Gasteiger partial charge < -0.3 is 9.84 Å². The molecule has 0 saturated carbocycles. The Balaban J connectivity index is 1.57. The van der Waals surface area contributed by atoms with Crippen molar-refractivity contribution in [3.63, 3.8) is 0 Å². The van der Waals surface area contributed by atoms with Crippen molar-refractivity contribution in [3.8, 4) is 5.75 Å². The lowest BCUT2D eigenvalue weighted by molar-refractivity contribution is -0.136. The van der Waals surface area contributed by atoms with Gasteiger partial charge in [0, 0.05) is 6.54 Å². The van der Waals surface area contributed by atoms with E-state index in [9.17, 15) is 9.18 Å². The SMILES string of the molecule is O=C(O)[C@@H]1CN[C@H](c2ccc(OCc3ccc(F)cc3)cc2)S1. The monoisotopic (exact) mass is 333 g/mol. The molecule has 1 saturated heterocycles. The van der Waals surface area contributed by atoms with Crippen molar-refractivity contribution < 1.29 is 19.0 Å². The number of carboxylic acid groups (broad SMARTS) is 1. The Bertz CT molecular complexity index is 675. The first-order valence-electron chi connectivity index (χ1n) is 7.21. The van der Waals surface area contributed by atoms with Crippen LogP contribution < -0.4 is 10.1 Å². The van der Waals surface area contributed by atoms with Crippen LogP contribution in [0, 0.1) is 5.82 Å². The highest BCUT2D eigenvalue weighted by Gasteiger charge is 2.30. The molecule has 1 aliphatic rings. The number of hydrogen-bond acceptors (Lipinski definition) is 4. The highest BCUT2D eigenvalue weighted by molar-refractivity contribution is 8.01. The number of benzene rings is 2. The van der Waals surface area contributed by atoms with Gasteiger partial charge in [0.15, 0.2) is 0 Å². The van der Waals surface area contributed by atoms with Crippen LogP contribution in [-0.4, -0.2) is 22.9 Å². The number of hydrogen-bond donors (Lipinski definition) is 2. The lowest BCUT2D eigenvalue weighted by Gasteiger charge is -2.11. The fourth-order valence-corrected chi connectivity index (χ4v) is 3.45. The fourth-order valence-electron chi connectivity index (χ4n) is 2.30. The van der Waals surface area contributed by atoms with Gasteiger partial charge in [-0.05, 0) is 35.4 Å². The van der Waals surface area contributed by atoms with Gasteiger partial charge in [-0.15, -0.1) is 11.8 Å². The molecular weight excluding hydrogens is 317 g/mol. The number of halogens is 1. The third-order valence-corrected chi connectivity index (χ3v) is 4.97. The molecule has 3 rings (SSSR count). The third-order valence-electron chi connectivity index (χ3n) is 3.57. The molecule has 0 aliphatic carbocycles. The second kappa shape index (κ2) is 7.02. The first-order chi connectivity index (χ1) is 11.1. The van der Waals surface area contributed by atoms with Crippen molar-refractivity contribution >= 4 is 17.7 Å². The summed E-state index contributed by atoms with van der Waals surface area (Å²) in [6.07, 6.45) is 0. The molecule has 1 heterocycles. The first kappa shape index (κ1) is 15.8. The quantitative estimate of drug-likeness (QED) is 0.880. The lowest BCUT2D eigenvalue weighted by Crippen LogP contribution is -2.21. The summed E-state index contributed by atoms with van der Waals surface area (Å²) in [6.45, 7) is 0.838. The largest absolute Gasteiger partial charge is 0.489 e. The van der Waals surface area contributed by atoms with E-state index in [2.05, 4.69) is 5.32 Å². The van der Waals surface area contributed by atoms with Gasteiger partial charge in [0.1, 0.15) is 23.4 Å². The number of nitrogens with one attached hydrogen (secondary N) is 1. The van der Waals surface area contributed by atoms with Crippen molar-refractivity contribution in [2.75, 3.05) is 6.54 Å². The van der Waals surface area contributed by atoms with E-state index in [1.807, 2.05) is 24.3 Å². The predicted octanol–water partition coefficient (Wildman–Crippen LogP) is 3.19. The van der Waals surface area contributed by atoms with Crippen LogP contribution in [0.2, 0.25) is 0 Å².